The van der Waals surface area contributed by atoms with E-state index in [1.807, 2.05) is 5.32 Å². The highest BCUT2D eigenvalue weighted by Gasteiger charge is 2.23. The Balaban J connectivity index is 2.07. The van der Waals surface area contributed by atoms with Crippen molar-refractivity contribution in [2.45, 2.75) is 13.0 Å². The minimum Gasteiger partial charge on any atom is -0.497 e. The van der Waals surface area contributed by atoms with Gasteiger partial charge >= 0.3 is 5.97 Å². The van der Waals surface area contributed by atoms with Gasteiger partial charge in [-0.3, -0.25) is 4.79 Å². The SMILES string of the molecule is COc1ccc(C(=O)O[C@@H](C)C(=O)Nc2c(F)cccc2F)c(F)c1. The molecule has 0 radical (unpaired) electrons. The van der Waals surface area contributed by atoms with Crippen LogP contribution in [0.1, 0.15) is 17.3 Å². The first-order valence-electron chi connectivity index (χ1n) is 7.13. The van der Waals surface area contributed by atoms with Crippen molar-refractivity contribution in [2.24, 2.45) is 0 Å². The minimum absolute atomic E-state index is 0.204. The normalized spacial score (nSPS) is 11.6. The molecular formula is C17H14F3NO4. The Morgan fingerprint density at radius 2 is 1.68 bits per heavy atom. The van der Waals surface area contributed by atoms with E-state index in [1.54, 1.807) is 0 Å². The molecule has 132 valence electrons. The fourth-order valence-electron chi connectivity index (χ4n) is 1.91. The highest BCUT2D eigenvalue weighted by molar-refractivity contribution is 5.97. The van der Waals surface area contributed by atoms with Crippen molar-refractivity contribution in [3.8, 4) is 5.75 Å². The zero-order valence-electron chi connectivity index (χ0n) is 13.3. The van der Waals surface area contributed by atoms with Crippen LogP contribution in [-0.4, -0.2) is 25.1 Å². The molecule has 0 bridgehead atoms. The zero-order chi connectivity index (χ0) is 18.6. The molecule has 25 heavy (non-hydrogen) atoms. The van der Waals surface area contributed by atoms with Crippen LogP contribution in [0.2, 0.25) is 0 Å². The van der Waals surface area contributed by atoms with E-state index in [4.69, 9.17) is 9.47 Å². The summed E-state index contributed by atoms with van der Waals surface area (Å²) < 4.78 is 50.5. The quantitative estimate of drug-likeness (QED) is 0.838. The third-order valence-corrected chi connectivity index (χ3v) is 3.26. The number of rotatable bonds is 5. The molecule has 1 amide bonds. The molecule has 2 aromatic carbocycles. The summed E-state index contributed by atoms with van der Waals surface area (Å²) in [6.45, 7) is 1.19. The van der Waals surface area contributed by atoms with E-state index in [-0.39, 0.29) is 5.75 Å². The van der Waals surface area contributed by atoms with Crippen molar-refractivity contribution in [1.82, 2.24) is 0 Å². The van der Waals surface area contributed by atoms with E-state index in [1.165, 1.54) is 20.1 Å². The van der Waals surface area contributed by atoms with E-state index < -0.39 is 46.7 Å². The number of methoxy groups -OCH3 is 1. The first kappa shape index (κ1) is 18.3. The summed E-state index contributed by atoms with van der Waals surface area (Å²) >= 11 is 0. The second-order valence-corrected chi connectivity index (χ2v) is 4.98. The number of esters is 1. The Bertz CT molecular complexity index is 790. The first-order chi connectivity index (χ1) is 11.8. The van der Waals surface area contributed by atoms with Crippen LogP contribution in [0.15, 0.2) is 36.4 Å². The fourth-order valence-corrected chi connectivity index (χ4v) is 1.91. The lowest BCUT2D eigenvalue weighted by molar-refractivity contribution is -0.123. The number of carbonyl (C=O) groups is 2. The van der Waals surface area contributed by atoms with E-state index in [0.29, 0.717) is 0 Å². The molecule has 1 N–H and O–H groups in total. The molecule has 0 saturated carbocycles. The molecular weight excluding hydrogens is 339 g/mol. The van der Waals surface area contributed by atoms with Gasteiger partial charge in [0.05, 0.1) is 12.7 Å². The van der Waals surface area contributed by atoms with E-state index >= 15 is 0 Å². The molecule has 2 aromatic rings. The fraction of sp³-hybridized carbons (Fsp3) is 0.176. The molecule has 5 nitrogen and oxygen atoms in total. The summed E-state index contributed by atoms with van der Waals surface area (Å²) in [6.07, 6.45) is -1.41. The van der Waals surface area contributed by atoms with E-state index in [0.717, 1.165) is 30.3 Å². The lowest BCUT2D eigenvalue weighted by atomic mass is 10.2. The lowest BCUT2D eigenvalue weighted by Gasteiger charge is -2.14. The van der Waals surface area contributed by atoms with Crippen molar-refractivity contribution in [2.75, 3.05) is 12.4 Å². The zero-order valence-corrected chi connectivity index (χ0v) is 13.3. The Hall–Kier alpha value is -3.03. The summed E-state index contributed by atoms with van der Waals surface area (Å²) in [5.74, 6) is -4.71. The Morgan fingerprint density at radius 1 is 1.04 bits per heavy atom. The molecule has 2 rings (SSSR count). The van der Waals surface area contributed by atoms with Crippen LogP contribution in [0.5, 0.6) is 5.75 Å². The largest absolute Gasteiger partial charge is 0.497 e. The summed E-state index contributed by atoms with van der Waals surface area (Å²) in [7, 11) is 1.33. The average Bonchev–Trinajstić information content (AvgIpc) is 2.57. The molecule has 8 heteroatoms. The van der Waals surface area contributed by atoms with Crippen LogP contribution in [0.4, 0.5) is 18.9 Å². The summed E-state index contributed by atoms with van der Waals surface area (Å²) in [5.41, 5.74) is -1.07. The molecule has 0 unspecified atom stereocenters. The van der Waals surface area contributed by atoms with Crippen molar-refractivity contribution >= 4 is 17.6 Å². The number of carbonyl (C=O) groups excluding carboxylic acids is 2. The van der Waals surface area contributed by atoms with Gasteiger partial charge in [-0.05, 0) is 31.2 Å². The van der Waals surface area contributed by atoms with Crippen molar-refractivity contribution < 1.29 is 32.2 Å². The molecule has 0 aromatic heterocycles. The second kappa shape index (κ2) is 7.69. The van der Waals surface area contributed by atoms with Gasteiger partial charge in [-0.25, -0.2) is 18.0 Å². The van der Waals surface area contributed by atoms with Gasteiger partial charge in [-0.2, -0.15) is 0 Å². The smallest absolute Gasteiger partial charge is 0.341 e. The van der Waals surface area contributed by atoms with Gasteiger partial charge in [-0.15, -0.1) is 0 Å². The van der Waals surface area contributed by atoms with Crippen LogP contribution in [0.25, 0.3) is 0 Å². The topological polar surface area (TPSA) is 64.6 Å². The molecule has 0 fully saturated rings. The first-order valence-corrected chi connectivity index (χ1v) is 7.13. The lowest BCUT2D eigenvalue weighted by Crippen LogP contribution is -2.30. The number of hydrogen-bond donors (Lipinski definition) is 1. The standard InChI is InChI=1S/C17H14F3NO4/c1-9(16(22)21-15-12(18)4-3-5-13(15)19)25-17(23)11-7-6-10(24-2)8-14(11)20/h3-9H,1-2H3,(H,21,22)/t9-/m0/s1. The summed E-state index contributed by atoms with van der Waals surface area (Å²) in [6, 6.07) is 6.52. The molecule has 1 atom stereocenters. The van der Waals surface area contributed by atoms with Gasteiger partial charge < -0.3 is 14.8 Å². The van der Waals surface area contributed by atoms with Gasteiger partial charge in [0, 0.05) is 6.07 Å². The number of halogens is 3. The van der Waals surface area contributed by atoms with E-state index in [9.17, 15) is 22.8 Å². The maximum absolute atomic E-state index is 13.8. The molecule has 0 spiro atoms. The highest BCUT2D eigenvalue weighted by atomic mass is 19.1. The van der Waals surface area contributed by atoms with Crippen LogP contribution >= 0.6 is 0 Å². The highest BCUT2D eigenvalue weighted by Crippen LogP contribution is 2.20. The molecule has 0 saturated heterocycles. The maximum Gasteiger partial charge on any atom is 0.341 e. The molecule has 0 heterocycles. The number of nitrogens with one attached hydrogen (secondary N) is 1. The Kier molecular flexibility index (Phi) is 5.63. The number of para-hydroxylation sites is 1. The predicted molar refractivity (Wildman–Crippen MR) is 82.8 cm³/mol. The minimum atomic E-state index is -1.41. The van der Waals surface area contributed by atoms with Gasteiger partial charge in [0.25, 0.3) is 5.91 Å². The Morgan fingerprint density at radius 3 is 2.24 bits per heavy atom. The number of benzene rings is 2. The van der Waals surface area contributed by atoms with Gasteiger partial charge in [0.1, 0.15) is 28.9 Å². The summed E-state index contributed by atoms with van der Waals surface area (Å²) in [4.78, 5) is 23.9. The van der Waals surface area contributed by atoms with Crippen molar-refractivity contribution in [3.05, 3.63) is 59.4 Å². The number of anilines is 1. The van der Waals surface area contributed by atoms with E-state index in [2.05, 4.69) is 0 Å². The maximum atomic E-state index is 13.8. The van der Waals surface area contributed by atoms with Crippen LogP contribution < -0.4 is 10.1 Å². The monoisotopic (exact) mass is 353 g/mol. The Labute approximate surface area is 141 Å². The summed E-state index contributed by atoms with van der Waals surface area (Å²) in [5, 5.41) is 1.99. The molecule has 0 aliphatic heterocycles. The predicted octanol–water partition coefficient (Wildman–Crippen LogP) is 3.30. The van der Waals surface area contributed by atoms with Crippen LogP contribution in [0, 0.1) is 17.5 Å². The van der Waals surface area contributed by atoms with Gasteiger partial charge in [0.2, 0.25) is 0 Å². The van der Waals surface area contributed by atoms with Gasteiger partial charge in [-0.1, -0.05) is 6.07 Å². The van der Waals surface area contributed by atoms with Gasteiger partial charge in [0.15, 0.2) is 6.10 Å². The second-order valence-electron chi connectivity index (χ2n) is 4.98. The van der Waals surface area contributed by atoms with Crippen LogP contribution in [0.3, 0.4) is 0 Å². The van der Waals surface area contributed by atoms with Crippen LogP contribution in [-0.2, 0) is 9.53 Å². The number of hydrogen-bond acceptors (Lipinski definition) is 4. The third kappa shape index (κ3) is 4.28. The van der Waals surface area contributed by atoms with Crippen molar-refractivity contribution in [3.63, 3.8) is 0 Å². The number of ether oxygens (including phenoxy) is 2. The van der Waals surface area contributed by atoms with Crippen molar-refractivity contribution in [1.29, 1.82) is 0 Å². The number of amides is 1. The molecule has 0 aliphatic rings. The third-order valence-electron chi connectivity index (χ3n) is 3.26. The molecule has 0 aliphatic carbocycles. The average molecular weight is 353 g/mol.